The Bertz CT molecular complexity index is 457. The quantitative estimate of drug-likeness (QED) is 0.616. The van der Waals surface area contributed by atoms with Gasteiger partial charge in [-0.25, -0.2) is 0 Å². The van der Waals surface area contributed by atoms with Crippen LogP contribution in [0.5, 0.6) is 0 Å². The number of esters is 1. The molecule has 20 heavy (non-hydrogen) atoms. The van der Waals surface area contributed by atoms with Crippen LogP contribution in [0.25, 0.3) is 0 Å². The predicted molar refractivity (Wildman–Crippen MR) is 69.7 cm³/mol. The fourth-order valence-corrected chi connectivity index (χ4v) is 1.61. The molecule has 0 unspecified atom stereocenters. The first kappa shape index (κ1) is 16.2. The van der Waals surface area contributed by atoms with Crippen molar-refractivity contribution in [1.82, 2.24) is 0 Å². The summed E-state index contributed by atoms with van der Waals surface area (Å²) in [5, 5.41) is 0. The molecule has 0 aromatic heterocycles. The van der Waals surface area contributed by atoms with Crippen molar-refractivity contribution in [2.24, 2.45) is 10.9 Å². The molecule has 1 aromatic rings. The number of aliphatic imine (C=N–C) groups is 1. The van der Waals surface area contributed by atoms with Crippen LogP contribution in [-0.4, -0.2) is 31.0 Å². The Morgan fingerprint density at radius 1 is 1.35 bits per heavy atom. The van der Waals surface area contributed by atoms with Crippen LogP contribution < -0.4 is 0 Å². The van der Waals surface area contributed by atoms with Crippen molar-refractivity contribution in [3.63, 3.8) is 0 Å². The molecule has 0 aliphatic carbocycles. The van der Waals surface area contributed by atoms with Crippen molar-refractivity contribution in [3.8, 4) is 0 Å². The van der Waals surface area contributed by atoms with Gasteiger partial charge in [-0.1, -0.05) is 30.3 Å². The maximum absolute atomic E-state index is 13.0. The Morgan fingerprint density at radius 3 is 2.45 bits per heavy atom. The molecule has 1 rings (SSSR count). The summed E-state index contributed by atoms with van der Waals surface area (Å²) in [5.41, 5.74) is 0.540. The zero-order valence-electron chi connectivity index (χ0n) is 11.2. The number of benzene rings is 1. The molecular formula is C14H16F3NO2. The highest BCUT2D eigenvalue weighted by Gasteiger charge is 2.46. The van der Waals surface area contributed by atoms with Gasteiger partial charge in [0, 0.05) is 6.21 Å². The summed E-state index contributed by atoms with van der Waals surface area (Å²) in [4.78, 5) is 15.0. The van der Waals surface area contributed by atoms with Crippen LogP contribution in [0.4, 0.5) is 13.2 Å². The fourth-order valence-electron chi connectivity index (χ4n) is 1.61. The van der Waals surface area contributed by atoms with Crippen molar-refractivity contribution in [3.05, 3.63) is 35.9 Å². The predicted octanol–water partition coefficient (Wildman–Crippen LogP) is 3.24. The summed E-state index contributed by atoms with van der Waals surface area (Å²) in [6, 6.07) is 6.29. The maximum Gasteiger partial charge on any atom is 0.411 e. The van der Waals surface area contributed by atoms with Gasteiger partial charge >= 0.3 is 12.1 Å². The molecule has 0 N–H and O–H groups in total. The van der Waals surface area contributed by atoms with Gasteiger partial charge in [0.1, 0.15) is 0 Å². The largest absolute Gasteiger partial charge is 0.466 e. The highest BCUT2D eigenvalue weighted by atomic mass is 19.4. The standard InChI is InChI=1S/C14H16F3NO2/c1-3-20-13(19)10(2)12(14(15,16)17)18-9-11-7-5-4-6-8-11/h4-10,12H,3H2,1-2H3/t10-,12-/m1/s1. The summed E-state index contributed by atoms with van der Waals surface area (Å²) < 4.78 is 43.5. The fraction of sp³-hybridized carbons (Fsp3) is 0.429. The van der Waals surface area contributed by atoms with Crippen molar-refractivity contribution in [1.29, 1.82) is 0 Å². The normalized spacial score (nSPS) is 15.1. The molecule has 0 saturated carbocycles. The summed E-state index contributed by atoms with van der Waals surface area (Å²) in [7, 11) is 0. The lowest BCUT2D eigenvalue weighted by atomic mass is 10.0. The SMILES string of the molecule is CCOC(=O)[C@H](C)[C@@H](N=Cc1ccccc1)C(F)(F)F. The summed E-state index contributed by atoms with van der Waals surface area (Å²) in [6.45, 7) is 2.75. The van der Waals surface area contributed by atoms with Crippen molar-refractivity contribution < 1.29 is 22.7 Å². The van der Waals surface area contributed by atoms with Gasteiger partial charge in [0.2, 0.25) is 0 Å². The van der Waals surface area contributed by atoms with Crippen LogP contribution in [0, 0.1) is 5.92 Å². The molecule has 0 radical (unpaired) electrons. The number of halogens is 3. The minimum atomic E-state index is -4.60. The van der Waals surface area contributed by atoms with E-state index in [-0.39, 0.29) is 6.61 Å². The molecule has 1 aromatic carbocycles. The minimum absolute atomic E-state index is 0.0378. The van der Waals surface area contributed by atoms with E-state index in [0.717, 1.165) is 6.21 Å². The van der Waals surface area contributed by atoms with Crippen molar-refractivity contribution >= 4 is 12.2 Å². The van der Waals surface area contributed by atoms with E-state index in [1.165, 1.54) is 6.92 Å². The van der Waals surface area contributed by atoms with Gasteiger partial charge in [-0.15, -0.1) is 0 Å². The van der Waals surface area contributed by atoms with Gasteiger partial charge in [-0.3, -0.25) is 9.79 Å². The number of carbonyl (C=O) groups is 1. The molecule has 2 atom stereocenters. The summed E-state index contributed by atoms with van der Waals surface area (Å²) in [6.07, 6.45) is -3.48. The van der Waals surface area contributed by atoms with E-state index in [1.54, 1.807) is 37.3 Å². The third-order valence-electron chi connectivity index (χ3n) is 2.65. The number of nitrogens with zero attached hydrogens (tertiary/aromatic N) is 1. The van der Waals surface area contributed by atoms with Gasteiger partial charge in [-0.05, 0) is 19.4 Å². The Kier molecular flexibility index (Phi) is 5.73. The zero-order chi connectivity index (χ0) is 15.2. The Balaban J connectivity index is 2.91. The monoisotopic (exact) mass is 287 g/mol. The Labute approximate surface area is 115 Å². The lowest BCUT2D eigenvalue weighted by molar-refractivity contribution is -0.173. The van der Waals surface area contributed by atoms with Gasteiger partial charge in [-0.2, -0.15) is 13.2 Å². The molecule has 0 bridgehead atoms. The summed E-state index contributed by atoms with van der Waals surface area (Å²) in [5.74, 6) is -2.28. The topological polar surface area (TPSA) is 38.7 Å². The molecule has 3 nitrogen and oxygen atoms in total. The van der Waals surface area contributed by atoms with E-state index in [4.69, 9.17) is 0 Å². The molecule has 110 valence electrons. The average molecular weight is 287 g/mol. The van der Waals surface area contributed by atoms with Gasteiger partial charge in [0.05, 0.1) is 12.5 Å². The zero-order valence-corrected chi connectivity index (χ0v) is 11.2. The second-order valence-corrected chi connectivity index (χ2v) is 4.22. The molecule has 6 heteroatoms. The highest BCUT2D eigenvalue weighted by molar-refractivity contribution is 5.80. The second-order valence-electron chi connectivity index (χ2n) is 4.22. The van der Waals surface area contributed by atoms with Gasteiger partial charge < -0.3 is 4.74 Å². The number of ether oxygens (including phenoxy) is 1. The highest BCUT2D eigenvalue weighted by Crippen LogP contribution is 2.29. The van der Waals surface area contributed by atoms with E-state index in [9.17, 15) is 18.0 Å². The number of hydrogen-bond acceptors (Lipinski definition) is 3. The Hall–Kier alpha value is -1.85. The number of hydrogen-bond donors (Lipinski definition) is 0. The van der Waals surface area contributed by atoms with Crippen molar-refractivity contribution in [2.45, 2.75) is 26.1 Å². The molecule has 0 spiro atoms. The van der Waals surface area contributed by atoms with E-state index >= 15 is 0 Å². The van der Waals surface area contributed by atoms with E-state index in [0.29, 0.717) is 5.56 Å². The van der Waals surface area contributed by atoms with Crippen LogP contribution in [0.15, 0.2) is 35.3 Å². The van der Waals surface area contributed by atoms with Crippen LogP contribution >= 0.6 is 0 Å². The van der Waals surface area contributed by atoms with E-state index in [2.05, 4.69) is 9.73 Å². The van der Waals surface area contributed by atoms with Crippen LogP contribution in [0.1, 0.15) is 19.4 Å². The van der Waals surface area contributed by atoms with Crippen LogP contribution in [0.3, 0.4) is 0 Å². The average Bonchev–Trinajstić information content (AvgIpc) is 2.38. The van der Waals surface area contributed by atoms with Crippen LogP contribution in [0.2, 0.25) is 0 Å². The third-order valence-corrected chi connectivity index (χ3v) is 2.65. The summed E-state index contributed by atoms with van der Waals surface area (Å²) >= 11 is 0. The molecule has 0 heterocycles. The molecule has 0 amide bonds. The lowest BCUT2D eigenvalue weighted by Gasteiger charge is -2.21. The molecule has 0 fully saturated rings. The Morgan fingerprint density at radius 2 is 1.95 bits per heavy atom. The molecule has 0 aliphatic rings. The number of alkyl halides is 3. The molecule has 0 aliphatic heterocycles. The first-order valence-electron chi connectivity index (χ1n) is 6.17. The first-order valence-corrected chi connectivity index (χ1v) is 6.17. The smallest absolute Gasteiger partial charge is 0.411 e. The number of rotatable bonds is 5. The van der Waals surface area contributed by atoms with E-state index < -0.39 is 24.1 Å². The molecule has 0 saturated heterocycles. The molecular weight excluding hydrogens is 271 g/mol. The first-order chi connectivity index (χ1) is 9.36. The van der Waals surface area contributed by atoms with Crippen molar-refractivity contribution in [2.75, 3.05) is 6.61 Å². The number of carbonyl (C=O) groups excluding carboxylic acids is 1. The van der Waals surface area contributed by atoms with Gasteiger partial charge in [0.15, 0.2) is 6.04 Å². The maximum atomic E-state index is 13.0. The minimum Gasteiger partial charge on any atom is -0.466 e. The van der Waals surface area contributed by atoms with Crippen LogP contribution in [-0.2, 0) is 9.53 Å². The third kappa shape index (κ3) is 4.68. The second kappa shape index (κ2) is 7.07. The lowest BCUT2D eigenvalue weighted by Crippen LogP contribution is -2.38. The van der Waals surface area contributed by atoms with Gasteiger partial charge in [0.25, 0.3) is 0 Å². The van der Waals surface area contributed by atoms with E-state index in [1.807, 2.05) is 0 Å².